The van der Waals surface area contributed by atoms with Crippen molar-refractivity contribution in [3.05, 3.63) is 18.7 Å². The highest BCUT2D eigenvalue weighted by Crippen LogP contribution is 2.70. The second kappa shape index (κ2) is 4.62. The Kier molecular flexibility index (Phi) is 3.95. The van der Waals surface area contributed by atoms with Gasteiger partial charge in [-0.3, -0.25) is 9.13 Å². The second-order valence-electron chi connectivity index (χ2n) is 3.26. The number of imidazole rings is 1. The third-order valence-corrected chi connectivity index (χ3v) is 6.28. The molecule has 0 spiro atoms. The molecule has 0 saturated carbocycles. The smallest absolute Gasteiger partial charge is 0.366 e. The standard InChI is InChI=1S/C6H12N2O7P2/c1-15-17(13,14)6(9,16(10,11)12)4-8-3-2-7-5-8/h2-3,5,9H,4H2,1H3,(H,13,14)(H2,10,11,12). The lowest BCUT2D eigenvalue weighted by Crippen LogP contribution is -2.34. The van der Waals surface area contributed by atoms with Crippen LogP contribution in [0.4, 0.5) is 0 Å². The molecule has 1 heterocycles. The summed E-state index contributed by atoms with van der Waals surface area (Å²) in [5.41, 5.74) is 0. The van der Waals surface area contributed by atoms with Crippen LogP contribution in [0.15, 0.2) is 18.7 Å². The molecule has 0 radical (unpaired) electrons. The van der Waals surface area contributed by atoms with Crippen molar-refractivity contribution in [2.45, 2.75) is 11.6 Å². The largest absolute Gasteiger partial charge is 0.373 e. The van der Waals surface area contributed by atoms with E-state index in [0.717, 1.165) is 18.0 Å². The van der Waals surface area contributed by atoms with Crippen molar-refractivity contribution in [3.8, 4) is 0 Å². The Morgan fingerprint density at radius 1 is 1.41 bits per heavy atom. The fraction of sp³-hybridized carbons (Fsp3) is 0.500. The summed E-state index contributed by atoms with van der Waals surface area (Å²) < 4.78 is 27.9. The zero-order valence-corrected chi connectivity index (χ0v) is 10.5. The molecule has 0 saturated heterocycles. The fourth-order valence-corrected chi connectivity index (χ4v) is 3.66. The molecule has 0 bridgehead atoms. The maximum atomic E-state index is 11.5. The van der Waals surface area contributed by atoms with Gasteiger partial charge in [0.25, 0.3) is 5.08 Å². The van der Waals surface area contributed by atoms with E-state index < -0.39 is 26.8 Å². The molecule has 0 aliphatic heterocycles. The normalized spacial score (nSPS) is 19.6. The summed E-state index contributed by atoms with van der Waals surface area (Å²) >= 11 is 0. The minimum Gasteiger partial charge on any atom is -0.366 e. The van der Waals surface area contributed by atoms with Crippen molar-refractivity contribution < 1.29 is 33.4 Å². The molecule has 11 heteroatoms. The van der Waals surface area contributed by atoms with E-state index in [4.69, 9.17) is 9.79 Å². The van der Waals surface area contributed by atoms with E-state index >= 15 is 0 Å². The van der Waals surface area contributed by atoms with Gasteiger partial charge < -0.3 is 28.9 Å². The van der Waals surface area contributed by atoms with E-state index in [2.05, 4.69) is 9.51 Å². The number of rotatable bonds is 5. The Balaban J connectivity index is 3.22. The number of hydrogen-bond donors (Lipinski definition) is 4. The van der Waals surface area contributed by atoms with Crippen LogP contribution < -0.4 is 0 Å². The lowest BCUT2D eigenvalue weighted by atomic mass is 10.6. The maximum absolute atomic E-state index is 11.5. The van der Waals surface area contributed by atoms with Crippen LogP contribution in [0.3, 0.4) is 0 Å². The average molecular weight is 286 g/mol. The third-order valence-electron chi connectivity index (χ3n) is 2.12. The minimum absolute atomic E-state index is 0.773. The molecule has 0 amide bonds. The van der Waals surface area contributed by atoms with Gasteiger partial charge in [0.15, 0.2) is 0 Å². The Morgan fingerprint density at radius 3 is 2.35 bits per heavy atom. The van der Waals surface area contributed by atoms with Crippen LogP contribution in [-0.2, 0) is 20.2 Å². The lowest BCUT2D eigenvalue weighted by molar-refractivity contribution is 0.109. The zero-order valence-electron chi connectivity index (χ0n) is 8.74. The number of nitrogens with zero attached hydrogens (tertiary/aromatic N) is 2. The van der Waals surface area contributed by atoms with Crippen LogP contribution in [-0.4, -0.2) is 41.5 Å². The highest BCUT2D eigenvalue weighted by atomic mass is 31.2. The van der Waals surface area contributed by atoms with Crippen molar-refractivity contribution in [2.75, 3.05) is 7.11 Å². The first-order chi connectivity index (χ1) is 7.64. The van der Waals surface area contributed by atoms with E-state index in [1.807, 2.05) is 0 Å². The molecule has 1 rings (SSSR count). The number of aliphatic hydroxyl groups is 1. The first-order valence-corrected chi connectivity index (χ1v) is 7.45. The van der Waals surface area contributed by atoms with Crippen LogP contribution in [0.2, 0.25) is 0 Å². The Bertz CT molecular complexity index is 469. The lowest BCUT2D eigenvalue weighted by Gasteiger charge is -2.31. The fourth-order valence-electron chi connectivity index (χ4n) is 1.12. The molecule has 0 aromatic carbocycles. The van der Waals surface area contributed by atoms with E-state index in [-0.39, 0.29) is 0 Å². The number of aromatic nitrogens is 2. The highest BCUT2D eigenvalue weighted by molar-refractivity contribution is 7.72. The van der Waals surface area contributed by atoms with Crippen LogP contribution in [0.25, 0.3) is 0 Å². The minimum atomic E-state index is -5.30. The molecule has 0 fully saturated rings. The van der Waals surface area contributed by atoms with Crippen LogP contribution in [0, 0.1) is 0 Å². The Hall–Kier alpha value is -0.530. The van der Waals surface area contributed by atoms with Crippen molar-refractivity contribution in [1.82, 2.24) is 9.55 Å². The van der Waals surface area contributed by atoms with Crippen molar-refractivity contribution in [2.24, 2.45) is 0 Å². The predicted octanol–water partition coefficient (Wildman–Crippen LogP) is -0.461. The Morgan fingerprint density at radius 2 is 2.00 bits per heavy atom. The molecular formula is C6H12N2O7P2. The number of hydrogen-bond acceptors (Lipinski definition) is 5. The van der Waals surface area contributed by atoms with Crippen molar-refractivity contribution >= 4 is 15.2 Å². The summed E-state index contributed by atoms with van der Waals surface area (Å²) in [4.78, 5) is 31.0. The van der Waals surface area contributed by atoms with Gasteiger partial charge in [0, 0.05) is 19.5 Å². The Labute approximate surface area is 96.4 Å². The molecule has 0 aliphatic rings. The summed E-state index contributed by atoms with van der Waals surface area (Å²) in [7, 11) is -9.44. The summed E-state index contributed by atoms with van der Waals surface area (Å²) in [6.45, 7) is -0.821. The van der Waals surface area contributed by atoms with Crippen molar-refractivity contribution in [1.29, 1.82) is 0 Å². The van der Waals surface area contributed by atoms with Gasteiger partial charge in [-0.05, 0) is 0 Å². The summed E-state index contributed by atoms with van der Waals surface area (Å²) in [6.07, 6.45) is 3.70. The predicted molar refractivity (Wildman–Crippen MR) is 56.1 cm³/mol. The molecule has 4 N–H and O–H groups in total. The summed E-state index contributed by atoms with van der Waals surface area (Å²) in [6, 6.07) is 0. The van der Waals surface area contributed by atoms with Crippen LogP contribution >= 0.6 is 15.2 Å². The van der Waals surface area contributed by atoms with Gasteiger partial charge in [-0.15, -0.1) is 0 Å². The first kappa shape index (κ1) is 14.5. The molecule has 2 atom stereocenters. The van der Waals surface area contributed by atoms with Gasteiger partial charge in [-0.1, -0.05) is 0 Å². The monoisotopic (exact) mass is 286 g/mol. The van der Waals surface area contributed by atoms with E-state index in [1.54, 1.807) is 0 Å². The van der Waals surface area contributed by atoms with Crippen LogP contribution in [0.1, 0.15) is 0 Å². The van der Waals surface area contributed by atoms with Gasteiger partial charge in [0.1, 0.15) is 0 Å². The molecule has 1 aromatic rings. The highest BCUT2D eigenvalue weighted by Gasteiger charge is 2.60. The molecule has 9 nitrogen and oxygen atoms in total. The van der Waals surface area contributed by atoms with Gasteiger partial charge in [0.05, 0.1) is 12.9 Å². The zero-order chi connectivity index (χ0) is 13.3. The van der Waals surface area contributed by atoms with E-state index in [0.29, 0.717) is 0 Å². The first-order valence-electron chi connectivity index (χ1n) is 4.26. The summed E-state index contributed by atoms with van der Waals surface area (Å²) in [5, 5.41) is 6.58. The molecule has 17 heavy (non-hydrogen) atoms. The van der Waals surface area contributed by atoms with Crippen molar-refractivity contribution in [3.63, 3.8) is 0 Å². The molecule has 1 aromatic heterocycles. The SMILES string of the molecule is COP(=O)(O)C(O)(Cn1ccnc1)P(=O)(O)O. The molecule has 98 valence electrons. The maximum Gasteiger partial charge on any atom is 0.373 e. The van der Waals surface area contributed by atoms with Gasteiger partial charge in [-0.2, -0.15) is 0 Å². The topological polar surface area (TPSA) is 142 Å². The average Bonchev–Trinajstić information content (AvgIpc) is 2.68. The van der Waals surface area contributed by atoms with E-state index in [9.17, 15) is 19.1 Å². The van der Waals surface area contributed by atoms with Crippen LogP contribution in [0.5, 0.6) is 0 Å². The molecule has 2 unspecified atom stereocenters. The van der Waals surface area contributed by atoms with E-state index in [1.165, 1.54) is 12.4 Å². The van der Waals surface area contributed by atoms with Gasteiger partial charge in [0.2, 0.25) is 0 Å². The molecular weight excluding hydrogens is 274 g/mol. The van der Waals surface area contributed by atoms with Gasteiger partial charge in [-0.25, -0.2) is 4.98 Å². The van der Waals surface area contributed by atoms with Gasteiger partial charge >= 0.3 is 15.2 Å². The summed E-state index contributed by atoms with van der Waals surface area (Å²) in [5.74, 6) is 0. The second-order valence-corrected chi connectivity index (χ2v) is 7.58. The third kappa shape index (κ3) is 2.66. The quantitative estimate of drug-likeness (QED) is 0.532. The molecule has 0 aliphatic carbocycles.